The molecule has 0 radical (unpaired) electrons. The Morgan fingerprint density at radius 3 is 2.46 bits per heavy atom. The minimum Gasteiger partial charge on any atom is -0.261 e. The van der Waals surface area contributed by atoms with Gasteiger partial charge < -0.3 is 0 Å². The predicted molar refractivity (Wildman–Crippen MR) is 57.0 cm³/mol. The largest absolute Gasteiger partial charge is 0.261 e. The molecule has 0 atom stereocenters. The van der Waals surface area contributed by atoms with E-state index in [0.717, 1.165) is 5.69 Å². The third-order valence-electron chi connectivity index (χ3n) is 1.94. The topological polar surface area (TPSA) is 12.9 Å². The number of aryl methyl sites for hydroxylation is 2. The van der Waals surface area contributed by atoms with Crippen LogP contribution >= 0.6 is 11.3 Å². The third kappa shape index (κ3) is 1.78. The van der Waals surface area contributed by atoms with E-state index in [2.05, 4.69) is 30.1 Å². The molecule has 0 saturated carbocycles. The molecule has 2 aromatic heterocycles. The van der Waals surface area contributed by atoms with Gasteiger partial charge >= 0.3 is 0 Å². The zero-order chi connectivity index (χ0) is 9.26. The van der Waals surface area contributed by atoms with Crippen LogP contribution in [0.5, 0.6) is 0 Å². The first-order valence-corrected chi connectivity index (χ1v) is 5.07. The van der Waals surface area contributed by atoms with Crippen LogP contribution in [-0.4, -0.2) is 4.98 Å². The Bertz CT molecular complexity index is 400. The summed E-state index contributed by atoms with van der Waals surface area (Å²) in [6.07, 6.45) is 1.93. The van der Waals surface area contributed by atoms with Crippen molar-refractivity contribution in [3.63, 3.8) is 0 Å². The highest BCUT2D eigenvalue weighted by molar-refractivity contribution is 7.15. The molecule has 66 valence electrons. The molecular weight excluding hydrogens is 178 g/mol. The van der Waals surface area contributed by atoms with Gasteiger partial charge in [0, 0.05) is 27.2 Å². The van der Waals surface area contributed by atoms with Crippen LogP contribution in [0, 0.1) is 13.8 Å². The van der Waals surface area contributed by atoms with Crippen molar-refractivity contribution in [2.75, 3.05) is 0 Å². The van der Waals surface area contributed by atoms with Gasteiger partial charge in [0.25, 0.3) is 0 Å². The minimum atomic E-state index is 1.07. The van der Waals surface area contributed by atoms with Crippen LogP contribution in [-0.2, 0) is 0 Å². The van der Waals surface area contributed by atoms with Crippen molar-refractivity contribution in [1.82, 2.24) is 4.98 Å². The molecule has 0 saturated heterocycles. The Balaban J connectivity index is 2.41. The van der Waals surface area contributed by atoms with Crippen LogP contribution in [0.25, 0.3) is 10.4 Å². The van der Waals surface area contributed by atoms with Crippen molar-refractivity contribution in [3.05, 3.63) is 41.0 Å². The van der Waals surface area contributed by atoms with Gasteiger partial charge in [-0.3, -0.25) is 4.98 Å². The predicted octanol–water partition coefficient (Wildman–Crippen LogP) is 3.43. The summed E-state index contributed by atoms with van der Waals surface area (Å²) in [6.45, 7) is 4.12. The maximum Gasteiger partial charge on any atom is 0.0373 e. The molecular formula is C11H11NS. The maximum absolute atomic E-state index is 4.27. The first kappa shape index (κ1) is 8.45. The summed E-state index contributed by atoms with van der Waals surface area (Å²) in [5.74, 6) is 0. The lowest BCUT2D eigenvalue weighted by Gasteiger charge is -1.96. The highest BCUT2D eigenvalue weighted by Crippen LogP contribution is 2.26. The van der Waals surface area contributed by atoms with Gasteiger partial charge in [-0.2, -0.15) is 0 Å². The molecule has 2 rings (SSSR count). The molecule has 0 bridgehead atoms. The minimum absolute atomic E-state index is 1.07. The molecule has 13 heavy (non-hydrogen) atoms. The van der Waals surface area contributed by atoms with E-state index in [1.54, 1.807) is 11.3 Å². The smallest absolute Gasteiger partial charge is 0.0373 e. The SMILES string of the molecule is Cc1ccc(-c2ccc(C)s2)cn1. The van der Waals surface area contributed by atoms with Crippen LogP contribution < -0.4 is 0 Å². The van der Waals surface area contributed by atoms with Gasteiger partial charge in [0.1, 0.15) is 0 Å². The fraction of sp³-hybridized carbons (Fsp3) is 0.182. The van der Waals surface area contributed by atoms with E-state index in [1.807, 2.05) is 19.2 Å². The molecule has 0 unspecified atom stereocenters. The van der Waals surface area contributed by atoms with E-state index >= 15 is 0 Å². The second kappa shape index (κ2) is 3.30. The van der Waals surface area contributed by atoms with Gasteiger partial charge in [-0.15, -0.1) is 11.3 Å². The quantitative estimate of drug-likeness (QED) is 0.669. The number of pyridine rings is 1. The first-order valence-electron chi connectivity index (χ1n) is 4.25. The van der Waals surface area contributed by atoms with E-state index in [0.29, 0.717) is 0 Å². The second-order valence-corrected chi connectivity index (χ2v) is 4.39. The van der Waals surface area contributed by atoms with Gasteiger partial charge in [0.2, 0.25) is 0 Å². The average Bonchev–Trinajstić information content (AvgIpc) is 2.53. The van der Waals surface area contributed by atoms with Crippen LogP contribution in [0.3, 0.4) is 0 Å². The number of rotatable bonds is 1. The fourth-order valence-electron chi connectivity index (χ4n) is 1.20. The lowest BCUT2D eigenvalue weighted by Crippen LogP contribution is -1.79. The Kier molecular flexibility index (Phi) is 2.15. The summed E-state index contributed by atoms with van der Waals surface area (Å²) in [5, 5.41) is 0. The van der Waals surface area contributed by atoms with E-state index in [1.165, 1.54) is 15.3 Å². The molecule has 0 aliphatic rings. The van der Waals surface area contributed by atoms with Crippen molar-refractivity contribution in [1.29, 1.82) is 0 Å². The van der Waals surface area contributed by atoms with Gasteiger partial charge in [-0.25, -0.2) is 0 Å². The summed E-state index contributed by atoms with van der Waals surface area (Å²) in [6, 6.07) is 8.45. The molecule has 0 spiro atoms. The molecule has 2 heteroatoms. The van der Waals surface area contributed by atoms with E-state index in [4.69, 9.17) is 0 Å². The summed E-state index contributed by atoms with van der Waals surface area (Å²) in [7, 11) is 0. The Morgan fingerprint density at radius 1 is 1.08 bits per heavy atom. The van der Waals surface area contributed by atoms with E-state index in [9.17, 15) is 0 Å². The Labute approximate surface area is 82.1 Å². The second-order valence-electron chi connectivity index (χ2n) is 3.10. The number of hydrogen-bond acceptors (Lipinski definition) is 2. The summed E-state index contributed by atoms with van der Waals surface area (Å²) in [5.41, 5.74) is 2.28. The molecule has 2 aromatic rings. The van der Waals surface area contributed by atoms with Gasteiger partial charge in [-0.05, 0) is 32.0 Å². The lowest BCUT2D eigenvalue weighted by molar-refractivity contribution is 1.20. The molecule has 2 heterocycles. The highest BCUT2D eigenvalue weighted by Gasteiger charge is 1.99. The third-order valence-corrected chi connectivity index (χ3v) is 2.99. The number of thiophene rings is 1. The average molecular weight is 189 g/mol. The normalized spacial score (nSPS) is 10.3. The molecule has 0 aliphatic carbocycles. The molecule has 0 aromatic carbocycles. The molecule has 0 N–H and O–H groups in total. The Morgan fingerprint density at radius 2 is 1.92 bits per heavy atom. The van der Waals surface area contributed by atoms with E-state index in [-0.39, 0.29) is 0 Å². The zero-order valence-corrected chi connectivity index (χ0v) is 8.56. The van der Waals surface area contributed by atoms with Crippen molar-refractivity contribution < 1.29 is 0 Å². The number of aromatic nitrogens is 1. The van der Waals surface area contributed by atoms with Crippen LogP contribution in [0.1, 0.15) is 10.6 Å². The van der Waals surface area contributed by atoms with Crippen molar-refractivity contribution in [2.45, 2.75) is 13.8 Å². The number of hydrogen-bond donors (Lipinski definition) is 0. The maximum atomic E-state index is 4.27. The van der Waals surface area contributed by atoms with Crippen molar-refractivity contribution >= 4 is 11.3 Å². The molecule has 0 fully saturated rings. The summed E-state index contributed by atoms with van der Waals surface area (Å²) in [4.78, 5) is 6.91. The van der Waals surface area contributed by atoms with Gasteiger partial charge in [0.15, 0.2) is 0 Å². The van der Waals surface area contributed by atoms with Gasteiger partial charge in [-0.1, -0.05) is 6.07 Å². The molecule has 1 nitrogen and oxygen atoms in total. The Hall–Kier alpha value is -1.15. The van der Waals surface area contributed by atoms with Crippen molar-refractivity contribution in [2.24, 2.45) is 0 Å². The van der Waals surface area contributed by atoms with E-state index < -0.39 is 0 Å². The number of nitrogens with zero attached hydrogens (tertiary/aromatic N) is 1. The van der Waals surface area contributed by atoms with Crippen LogP contribution in [0.15, 0.2) is 30.5 Å². The van der Waals surface area contributed by atoms with Crippen LogP contribution in [0.2, 0.25) is 0 Å². The summed E-state index contributed by atoms with van der Waals surface area (Å²) < 4.78 is 0. The first-order chi connectivity index (χ1) is 6.25. The van der Waals surface area contributed by atoms with Gasteiger partial charge in [0.05, 0.1) is 0 Å². The monoisotopic (exact) mass is 189 g/mol. The summed E-state index contributed by atoms with van der Waals surface area (Å²) >= 11 is 1.81. The lowest BCUT2D eigenvalue weighted by atomic mass is 10.2. The highest BCUT2D eigenvalue weighted by atomic mass is 32.1. The molecule has 0 aliphatic heterocycles. The fourth-order valence-corrected chi connectivity index (χ4v) is 2.06. The zero-order valence-electron chi connectivity index (χ0n) is 7.74. The van der Waals surface area contributed by atoms with Crippen molar-refractivity contribution in [3.8, 4) is 10.4 Å². The van der Waals surface area contributed by atoms with Crippen LogP contribution in [0.4, 0.5) is 0 Å². The standard InChI is InChI=1S/C11H11NS/c1-8-3-5-10(7-12-8)11-6-4-9(2)13-11/h3-7H,1-2H3. The molecule has 0 amide bonds.